The molecular formula is C16H15NO. The molecule has 0 aliphatic heterocycles. The predicted molar refractivity (Wildman–Crippen MR) is 75.2 cm³/mol. The third-order valence-corrected chi connectivity index (χ3v) is 3.60. The number of ketones is 1. The fourth-order valence-corrected chi connectivity index (χ4v) is 2.75. The molecule has 90 valence electrons. The van der Waals surface area contributed by atoms with E-state index in [2.05, 4.69) is 30.7 Å². The molecule has 2 nitrogen and oxygen atoms in total. The van der Waals surface area contributed by atoms with Crippen LogP contribution in [-0.2, 0) is 7.05 Å². The van der Waals surface area contributed by atoms with Gasteiger partial charge in [-0.05, 0) is 37.6 Å². The van der Waals surface area contributed by atoms with Gasteiger partial charge in [0.15, 0.2) is 5.78 Å². The molecule has 0 fully saturated rings. The van der Waals surface area contributed by atoms with E-state index in [0.29, 0.717) is 0 Å². The molecular weight excluding hydrogens is 222 g/mol. The Bertz CT molecular complexity index is 780. The molecule has 0 radical (unpaired) electrons. The number of fused-ring (bicyclic) bond motifs is 3. The number of benzene rings is 2. The summed E-state index contributed by atoms with van der Waals surface area (Å²) in [5, 5.41) is 2.37. The van der Waals surface area contributed by atoms with Gasteiger partial charge in [-0.2, -0.15) is 0 Å². The zero-order valence-corrected chi connectivity index (χ0v) is 10.8. The Morgan fingerprint density at radius 1 is 1.11 bits per heavy atom. The topological polar surface area (TPSA) is 22.0 Å². The highest BCUT2D eigenvalue weighted by molar-refractivity contribution is 6.11. The average molecular weight is 237 g/mol. The van der Waals surface area contributed by atoms with Gasteiger partial charge in [0.25, 0.3) is 0 Å². The van der Waals surface area contributed by atoms with Gasteiger partial charge in [-0.25, -0.2) is 0 Å². The summed E-state index contributed by atoms with van der Waals surface area (Å²) in [5.74, 6) is 0.118. The van der Waals surface area contributed by atoms with Gasteiger partial charge in [0.2, 0.25) is 0 Å². The molecule has 0 amide bonds. The van der Waals surface area contributed by atoms with Crippen LogP contribution in [0, 0.1) is 6.92 Å². The minimum absolute atomic E-state index is 0.118. The van der Waals surface area contributed by atoms with Gasteiger partial charge in [-0.15, -0.1) is 0 Å². The third-order valence-electron chi connectivity index (χ3n) is 3.60. The van der Waals surface area contributed by atoms with Crippen molar-refractivity contribution >= 4 is 27.6 Å². The number of para-hydroxylation sites is 1. The first-order chi connectivity index (χ1) is 8.59. The molecule has 0 saturated carbocycles. The summed E-state index contributed by atoms with van der Waals surface area (Å²) in [6.45, 7) is 3.68. The second-order valence-corrected chi connectivity index (χ2v) is 4.82. The Hall–Kier alpha value is -2.09. The van der Waals surface area contributed by atoms with Gasteiger partial charge in [-0.1, -0.05) is 18.2 Å². The van der Waals surface area contributed by atoms with Crippen molar-refractivity contribution in [1.82, 2.24) is 4.57 Å². The van der Waals surface area contributed by atoms with Crippen LogP contribution in [-0.4, -0.2) is 10.4 Å². The van der Waals surface area contributed by atoms with Crippen molar-refractivity contribution in [2.24, 2.45) is 7.05 Å². The normalized spacial score (nSPS) is 11.3. The first-order valence-electron chi connectivity index (χ1n) is 6.08. The van der Waals surface area contributed by atoms with Crippen LogP contribution in [0.25, 0.3) is 21.8 Å². The van der Waals surface area contributed by atoms with E-state index in [9.17, 15) is 4.79 Å². The quantitative estimate of drug-likeness (QED) is 0.589. The molecule has 0 aliphatic carbocycles. The van der Waals surface area contributed by atoms with Crippen molar-refractivity contribution in [3.8, 4) is 0 Å². The molecule has 3 rings (SSSR count). The molecule has 1 aromatic heterocycles. The maximum absolute atomic E-state index is 11.6. The Morgan fingerprint density at radius 2 is 1.83 bits per heavy atom. The summed E-state index contributed by atoms with van der Waals surface area (Å²) >= 11 is 0. The van der Waals surface area contributed by atoms with E-state index in [-0.39, 0.29) is 5.78 Å². The molecule has 2 heteroatoms. The lowest BCUT2D eigenvalue weighted by Gasteiger charge is -2.04. The van der Waals surface area contributed by atoms with E-state index in [0.717, 1.165) is 11.1 Å². The lowest BCUT2D eigenvalue weighted by Crippen LogP contribution is -1.95. The molecule has 1 heterocycles. The van der Waals surface area contributed by atoms with Crippen molar-refractivity contribution in [2.75, 3.05) is 0 Å². The largest absolute Gasteiger partial charge is 0.343 e. The Labute approximate surface area is 106 Å². The molecule has 18 heavy (non-hydrogen) atoms. The highest BCUT2D eigenvalue weighted by Gasteiger charge is 2.12. The number of hydrogen-bond acceptors (Lipinski definition) is 1. The summed E-state index contributed by atoms with van der Waals surface area (Å²) in [6.07, 6.45) is 0. The lowest BCUT2D eigenvalue weighted by atomic mass is 10.0. The molecule has 0 saturated heterocycles. The summed E-state index contributed by atoms with van der Waals surface area (Å²) in [5.41, 5.74) is 4.35. The molecule has 3 aromatic rings. The Kier molecular flexibility index (Phi) is 2.27. The monoisotopic (exact) mass is 237 g/mol. The number of carbonyl (C=O) groups is 1. The van der Waals surface area contributed by atoms with Crippen LogP contribution >= 0.6 is 0 Å². The number of Topliss-reactive ketones (excluding diaryl/α,β-unsaturated/α-hetero) is 1. The van der Waals surface area contributed by atoms with Crippen LogP contribution in [0.2, 0.25) is 0 Å². The molecule has 0 unspecified atom stereocenters. The number of aryl methyl sites for hydroxylation is 2. The predicted octanol–water partition coefficient (Wildman–Crippen LogP) is 3.84. The molecule has 0 spiro atoms. The van der Waals surface area contributed by atoms with Crippen LogP contribution in [0.15, 0.2) is 36.4 Å². The van der Waals surface area contributed by atoms with Gasteiger partial charge in [0.1, 0.15) is 0 Å². The second kappa shape index (κ2) is 3.70. The zero-order chi connectivity index (χ0) is 12.9. The fourth-order valence-electron chi connectivity index (χ4n) is 2.75. The third kappa shape index (κ3) is 1.39. The Balaban J connectivity index is 2.56. The molecule has 0 N–H and O–H groups in total. The van der Waals surface area contributed by atoms with Gasteiger partial charge in [0.05, 0.1) is 5.52 Å². The Morgan fingerprint density at radius 3 is 2.56 bits per heavy atom. The maximum Gasteiger partial charge on any atom is 0.159 e. The molecule has 0 atom stereocenters. The number of rotatable bonds is 1. The second-order valence-electron chi connectivity index (χ2n) is 4.82. The zero-order valence-electron chi connectivity index (χ0n) is 10.8. The minimum Gasteiger partial charge on any atom is -0.343 e. The van der Waals surface area contributed by atoms with E-state index in [1.807, 2.05) is 24.3 Å². The first kappa shape index (κ1) is 11.0. The van der Waals surface area contributed by atoms with Crippen molar-refractivity contribution in [3.63, 3.8) is 0 Å². The standard InChI is InChI=1S/C16H15NO/c1-10-8-12(11(2)18)9-14-13-6-4-5-7-15(13)17(3)16(10)14/h4-9H,1-3H3. The van der Waals surface area contributed by atoms with Gasteiger partial charge in [0, 0.05) is 28.9 Å². The molecule has 0 aliphatic rings. The SMILES string of the molecule is CC(=O)c1cc(C)c2c(c1)c1ccccc1n2C. The van der Waals surface area contributed by atoms with E-state index < -0.39 is 0 Å². The smallest absolute Gasteiger partial charge is 0.159 e. The summed E-state index contributed by atoms with van der Waals surface area (Å²) < 4.78 is 2.20. The average Bonchev–Trinajstić information content (AvgIpc) is 2.64. The van der Waals surface area contributed by atoms with Crippen molar-refractivity contribution in [3.05, 3.63) is 47.5 Å². The highest BCUT2D eigenvalue weighted by atomic mass is 16.1. The number of carbonyl (C=O) groups excluding carboxylic acids is 1. The fraction of sp³-hybridized carbons (Fsp3) is 0.188. The highest BCUT2D eigenvalue weighted by Crippen LogP contribution is 2.31. The van der Waals surface area contributed by atoms with E-state index in [1.54, 1.807) is 6.92 Å². The summed E-state index contributed by atoms with van der Waals surface area (Å²) in [6, 6.07) is 12.3. The van der Waals surface area contributed by atoms with Crippen LogP contribution in [0.4, 0.5) is 0 Å². The number of aromatic nitrogens is 1. The van der Waals surface area contributed by atoms with Crippen LogP contribution in [0.3, 0.4) is 0 Å². The summed E-state index contributed by atoms with van der Waals surface area (Å²) in [7, 11) is 2.07. The number of nitrogens with zero attached hydrogens (tertiary/aromatic N) is 1. The van der Waals surface area contributed by atoms with Crippen LogP contribution in [0.5, 0.6) is 0 Å². The van der Waals surface area contributed by atoms with Crippen molar-refractivity contribution in [2.45, 2.75) is 13.8 Å². The van der Waals surface area contributed by atoms with Gasteiger partial charge < -0.3 is 4.57 Å². The van der Waals surface area contributed by atoms with Gasteiger partial charge >= 0.3 is 0 Å². The maximum atomic E-state index is 11.6. The molecule has 2 aromatic carbocycles. The van der Waals surface area contributed by atoms with E-state index in [4.69, 9.17) is 0 Å². The van der Waals surface area contributed by atoms with E-state index >= 15 is 0 Å². The minimum atomic E-state index is 0.118. The lowest BCUT2D eigenvalue weighted by molar-refractivity contribution is 0.101. The van der Waals surface area contributed by atoms with Crippen LogP contribution in [0.1, 0.15) is 22.8 Å². The first-order valence-corrected chi connectivity index (χ1v) is 6.08. The molecule has 0 bridgehead atoms. The van der Waals surface area contributed by atoms with Crippen molar-refractivity contribution < 1.29 is 4.79 Å². The van der Waals surface area contributed by atoms with E-state index in [1.165, 1.54) is 21.8 Å². The van der Waals surface area contributed by atoms with Crippen LogP contribution < -0.4 is 0 Å². The summed E-state index contributed by atoms with van der Waals surface area (Å²) in [4.78, 5) is 11.6. The number of hydrogen-bond donors (Lipinski definition) is 0. The van der Waals surface area contributed by atoms with Crippen molar-refractivity contribution in [1.29, 1.82) is 0 Å². The van der Waals surface area contributed by atoms with Gasteiger partial charge in [-0.3, -0.25) is 4.79 Å².